The second kappa shape index (κ2) is 6.70. The maximum Gasteiger partial charge on any atom is 0.160 e. The van der Waals surface area contributed by atoms with Crippen molar-refractivity contribution < 1.29 is 29.2 Å². The van der Waals surface area contributed by atoms with Gasteiger partial charge in [-0.3, -0.25) is 0 Å². The molecule has 2 aromatic carbocycles. The average molecular weight is 358 g/mol. The summed E-state index contributed by atoms with van der Waals surface area (Å²) in [5.74, 6) is 1.54. The maximum absolute atomic E-state index is 9.80. The third kappa shape index (κ3) is 2.75. The van der Waals surface area contributed by atoms with Crippen molar-refractivity contribution in [3.63, 3.8) is 0 Å². The molecule has 4 atom stereocenters. The van der Waals surface area contributed by atoms with Crippen molar-refractivity contribution in [2.75, 3.05) is 27.4 Å². The molecule has 2 N–H and O–H groups in total. The van der Waals surface area contributed by atoms with E-state index in [4.69, 9.17) is 18.9 Å². The number of hydrogen-bond acceptors (Lipinski definition) is 6. The average Bonchev–Trinajstić information content (AvgIpc) is 3.25. The van der Waals surface area contributed by atoms with Crippen molar-refractivity contribution in [1.82, 2.24) is 0 Å². The van der Waals surface area contributed by atoms with E-state index in [-0.39, 0.29) is 35.5 Å². The Morgan fingerprint density at radius 1 is 0.769 bits per heavy atom. The summed E-state index contributed by atoms with van der Waals surface area (Å²) in [6.07, 6.45) is -0.197. The lowest BCUT2D eigenvalue weighted by Gasteiger charge is -2.18. The standard InChI is InChI=1S/C20H22O6/c1-23-17-7-11(3-5-15(17)21)19-13-9-26-20(14(13)10-25-19)12-4-6-16(22)18(8-12)24-2/h3-8,13-14,19-22H,9-10H2,1-2H3/t13?,14?,19-,20-/m1/s1. The van der Waals surface area contributed by atoms with E-state index in [1.807, 2.05) is 24.3 Å². The van der Waals surface area contributed by atoms with Crippen LogP contribution in [0.1, 0.15) is 23.3 Å². The summed E-state index contributed by atoms with van der Waals surface area (Å²) >= 11 is 0. The number of hydrogen-bond donors (Lipinski definition) is 2. The fourth-order valence-electron chi connectivity index (χ4n) is 3.98. The van der Waals surface area contributed by atoms with E-state index in [9.17, 15) is 10.2 Å². The molecule has 2 fully saturated rings. The lowest BCUT2D eigenvalue weighted by molar-refractivity contribution is 0.0191. The van der Waals surface area contributed by atoms with Crippen LogP contribution >= 0.6 is 0 Å². The van der Waals surface area contributed by atoms with E-state index < -0.39 is 0 Å². The summed E-state index contributed by atoms with van der Waals surface area (Å²) in [7, 11) is 3.06. The van der Waals surface area contributed by atoms with Gasteiger partial charge in [0.2, 0.25) is 0 Å². The molecule has 2 saturated heterocycles. The molecule has 0 bridgehead atoms. The Morgan fingerprint density at radius 2 is 1.19 bits per heavy atom. The Labute approximate surface area is 151 Å². The monoisotopic (exact) mass is 358 g/mol. The number of ether oxygens (including phenoxy) is 4. The van der Waals surface area contributed by atoms with E-state index in [1.165, 1.54) is 14.2 Å². The molecule has 0 aromatic heterocycles. The van der Waals surface area contributed by atoms with E-state index in [0.29, 0.717) is 24.7 Å². The molecule has 2 aromatic rings. The molecule has 2 aliphatic rings. The van der Waals surface area contributed by atoms with Gasteiger partial charge in [0.1, 0.15) is 0 Å². The fraction of sp³-hybridized carbons (Fsp3) is 0.400. The number of phenols is 2. The van der Waals surface area contributed by atoms with Gasteiger partial charge in [0.25, 0.3) is 0 Å². The van der Waals surface area contributed by atoms with Crippen molar-refractivity contribution in [2.45, 2.75) is 12.2 Å². The molecule has 26 heavy (non-hydrogen) atoms. The Morgan fingerprint density at radius 3 is 1.58 bits per heavy atom. The van der Waals surface area contributed by atoms with E-state index in [0.717, 1.165) is 11.1 Å². The van der Waals surface area contributed by atoms with E-state index >= 15 is 0 Å². The lowest BCUT2D eigenvalue weighted by Crippen LogP contribution is -2.14. The highest BCUT2D eigenvalue weighted by Gasteiger charge is 2.48. The first kappa shape index (κ1) is 17.0. The highest BCUT2D eigenvalue weighted by Crippen LogP contribution is 2.51. The maximum atomic E-state index is 9.80. The lowest BCUT2D eigenvalue weighted by atomic mass is 9.85. The first-order valence-corrected chi connectivity index (χ1v) is 8.59. The molecular formula is C20H22O6. The minimum Gasteiger partial charge on any atom is -0.504 e. The van der Waals surface area contributed by atoms with Gasteiger partial charge in [-0.05, 0) is 35.4 Å². The molecule has 138 valence electrons. The van der Waals surface area contributed by atoms with E-state index in [1.54, 1.807) is 12.1 Å². The Hall–Kier alpha value is -2.44. The van der Waals surface area contributed by atoms with Crippen LogP contribution in [0.5, 0.6) is 23.0 Å². The van der Waals surface area contributed by atoms with Gasteiger partial charge in [-0.1, -0.05) is 12.1 Å². The fourth-order valence-corrected chi connectivity index (χ4v) is 3.98. The third-order valence-corrected chi connectivity index (χ3v) is 5.33. The van der Waals surface area contributed by atoms with Gasteiger partial charge < -0.3 is 29.2 Å². The quantitative estimate of drug-likeness (QED) is 0.874. The van der Waals surface area contributed by atoms with Crippen LogP contribution in [0.15, 0.2) is 36.4 Å². The molecule has 2 heterocycles. The van der Waals surface area contributed by atoms with Crippen LogP contribution in [0, 0.1) is 11.8 Å². The zero-order valence-corrected chi connectivity index (χ0v) is 14.7. The van der Waals surface area contributed by atoms with Gasteiger partial charge in [0.05, 0.1) is 39.6 Å². The van der Waals surface area contributed by atoms with Crippen LogP contribution in [-0.2, 0) is 9.47 Å². The second-order valence-corrected chi connectivity index (χ2v) is 6.70. The molecular weight excluding hydrogens is 336 g/mol. The van der Waals surface area contributed by atoms with Crippen molar-refractivity contribution in [3.05, 3.63) is 47.5 Å². The predicted octanol–water partition coefficient (Wildman–Crippen LogP) is 3.19. The molecule has 4 rings (SSSR count). The first-order valence-electron chi connectivity index (χ1n) is 8.59. The summed E-state index contributed by atoms with van der Waals surface area (Å²) in [6, 6.07) is 10.6. The van der Waals surface area contributed by atoms with Gasteiger partial charge in [-0.2, -0.15) is 0 Å². The molecule has 6 nitrogen and oxygen atoms in total. The molecule has 0 saturated carbocycles. The number of benzene rings is 2. The number of phenolic OH excluding ortho intramolecular Hbond substituents is 2. The largest absolute Gasteiger partial charge is 0.504 e. The molecule has 0 radical (unpaired) electrons. The summed E-state index contributed by atoms with van der Waals surface area (Å²) in [5.41, 5.74) is 1.94. The van der Waals surface area contributed by atoms with Crippen molar-refractivity contribution in [2.24, 2.45) is 11.8 Å². The molecule has 2 unspecified atom stereocenters. The second-order valence-electron chi connectivity index (χ2n) is 6.70. The molecule has 0 amide bonds. The zero-order valence-electron chi connectivity index (χ0n) is 14.7. The van der Waals surface area contributed by atoms with Crippen LogP contribution in [-0.4, -0.2) is 37.6 Å². The molecule has 6 heteroatoms. The van der Waals surface area contributed by atoms with Crippen molar-refractivity contribution in [1.29, 1.82) is 0 Å². The number of methoxy groups -OCH3 is 2. The third-order valence-electron chi connectivity index (χ3n) is 5.33. The highest BCUT2D eigenvalue weighted by atomic mass is 16.5. The van der Waals surface area contributed by atoms with Crippen LogP contribution in [0.25, 0.3) is 0 Å². The van der Waals surface area contributed by atoms with Gasteiger partial charge in [-0.25, -0.2) is 0 Å². The minimum absolute atomic E-state index is 0.0986. The Balaban J connectivity index is 1.58. The van der Waals surface area contributed by atoms with E-state index in [2.05, 4.69) is 0 Å². The number of aromatic hydroxyl groups is 2. The van der Waals surface area contributed by atoms with Crippen molar-refractivity contribution in [3.8, 4) is 23.0 Å². The van der Waals surface area contributed by atoms with Crippen LogP contribution in [0.3, 0.4) is 0 Å². The summed E-state index contributed by atoms with van der Waals surface area (Å²) in [6.45, 7) is 1.18. The van der Waals surface area contributed by atoms with Crippen LogP contribution in [0.2, 0.25) is 0 Å². The summed E-state index contributed by atoms with van der Waals surface area (Å²) in [4.78, 5) is 0. The van der Waals surface area contributed by atoms with Gasteiger partial charge in [0, 0.05) is 11.8 Å². The molecule has 0 aliphatic carbocycles. The molecule has 0 spiro atoms. The highest BCUT2D eigenvalue weighted by molar-refractivity contribution is 5.44. The Bertz CT molecular complexity index is 737. The SMILES string of the molecule is COc1cc([C@H]2OCC3C2CO[C@@H]3c2ccc(O)c(OC)c2)ccc1O. The topological polar surface area (TPSA) is 77.4 Å². The summed E-state index contributed by atoms with van der Waals surface area (Å²) in [5, 5.41) is 19.6. The smallest absolute Gasteiger partial charge is 0.160 e. The number of fused-ring (bicyclic) bond motifs is 1. The normalized spacial score (nSPS) is 27.3. The van der Waals surface area contributed by atoms with Gasteiger partial charge in [-0.15, -0.1) is 0 Å². The van der Waals surface area contributed by atoms with Crippen LogP contribution in [0.4, 0.5) is 0 Å². The first-order chi connectivity index (χ1) is 12.6. The molecule has 2 aliphatic heterocycles. The predicted molar refractivity (Wildman–Crippen MR) is 93.7 cm³/mol. The Kier molecular flexibility index (Phi) is 4.38. The number of rotatable bonds is 4. The van der Waals surface area contributed by atoms with Gasteiger partial charge in [0.15, 0.2) is 23.0 Å². The minimum atomic E-state index is -0.0986. The van der Waals surface area contributed by atoms with Crippen LogP contribution < -0.4 is 9.47 Å². The van der Waals surface area contributed by atoms with Crippen molar-refractivity contribution >= 4 is 0 Å². The summed E-state index contributed by atoms with van der Waals surface area (Å²) < 4.78 is 22.6. The van der Waals surface area contributed by atoms with Gasteiger partial charge >= 0.3 is 0 Å². The zero-order chi connectivity index (χ0) is 18.3.